The minimum atomic E-state index is -4.85. The first kappa shape index (κ1) is 14.3. The molecule has 6 heteroatoms. The highest BCUT2D eigenvalue weighted by Gasteiger charge is 2.38. The van der Waals surface area contributed by atoms with E-state index in [1.54, 1.807) is 18.2 Å². The van der Waals surface area contributed by atoms with E-state index in [1.807, 2.05) is 12.2 Å². The second-order valence-electron chi connectivity index (χ2n) is 3.68. The fraction of sp³-hybridized carbons (Fsp3) is 0.417. The van der Waals surface area contributed by atoms with Gasteiger partial charge in [0.05, 0.1) is 7.11 Å². The third-order valence-electron chi connectivity index (χ3n) is 2.44. The van der Waals surface area contributed by atoms with Crippen LogP contribution in [-0.2, 0) is 17.8 Å². The van der Waals surface area contributed by atoms with Crippen molar-refractivity contribution < 1.29 is 22.7 Å². The Balaban J connectivity index is 2.72. The molecule has 0 unspecified atom stereocenters. The van der Waals surface area contributed by atoms with Gasteiger partial charge in [-0.1, -0.05) is 19.1 Å². The smallest absolute Gasteiger partial charge is 0.471 e. The lowest BCUT2D eigenvalue weighted by atomic mass is 10.1. The van der Waals surface area contributed by atoms with E-state index in [4.69, 9.17) is 4.74 Å². The summed E-state index contributed by atoms with van der Waals surface area (Å²) in [6.07, 6.45) is -4.15. The SMILES string of the molecule is CCc1cc(CNC(=O)C(F)(F)F)ccc1OC. The average molecular weight is 261 g/mol. The van der Waals surface area contributed by atoms with E-state index in [2.05, 4.69) is 0 Å². The average Bonchev–Trinajstić information content (AvgIpc) is 2.34. The standard InChI is InChI=1S/C12H14F3NO2/c1-3-9-6-8(4-5-10(9)18-2)7-16-11(17)12(13,14)15/h4-6H,3,7H2,1-2H3,(H,16,17). The molecule has 0 spiro atoms. The fourth-order valence-electron chi connectivity index (χ4n) is 1.50. The molecule has 1 aromatic rings. The fourth-order valence-corrected chi connectivity index (χ4v) is 1.50. The highest BCUT2D eigenvalue weighted by atomic mass is 19.4. The van der Waals surface area contributed by atoms with Gasteiger partial charge in [-0.15, -0.1) is 0 Å². The molecule has 1 aromatic carbocycles. The number of rotatable bonds is 4. The molecule has 0 atom stereocenters. The van der Waals surface area contributed by atoms with Crippen molar-refractivity contribution in [3.05, 3.63) is 29.3 Å². The van der Waals surface area contributed by atoms with Crippen molar-refractivity contribution >= 4 is 5.91 Å². The van der Waals surface area contributed by atoms with Gasteiger partial charge in [-0.2, -0.15) is 13.2 Å². The Bertz CT molecular complexity index is 430. The van der Waals surface area contributed by atoms with Crippen LogP contribution in [-0.4, -0.2) is 19.2 Å². The molecule has 1 amide bonds. The lowest BCUT2D eigenvalue weighted by molar-refractivity contribution is -0.173. The zero-order valence-electron chi connectivity index (χ0n) is 10.1. The molecule has 0 aliphatic rings. The number of ether oxygens (including phenoxy) is 1. The summed E-state index contributed by atoms with van der Waals surface area (Å²) < 4.78 is 41.1. The maximum absolute atomic E-state index is 12.0. The van der Waals surface area contributed by atoms with Crippen LogP contribution in [0.25, 0.3) is 0 Å². The Labute approximate surface area is 103 Å². The Morgan fingerprint density at radius 1 is 1.39 bits per heavy atom. The van der Waals surface area contributed by atoms with Gasteiger partial charge < -0.3 is 10.1 Å². The van der Waals surface area contributed by atoms with Crippen molar-refractivity contribution in [3.63, 3.8) is 0 Å². The van der Waals surface area contributed by atoms with Gasteiger partial charge in [0.25, 0.3) is 0 Å². The molecular formula is C12H14F3NO2. The molecule has 0 bridgehead atoms. The first-order chi connectivity index (χ1) is 8.38. The van der Waals surface area contributed by atoms with Crippen molar-refractivity contribution in [2.75, 3.05) is 7.11 Å². The Morgan fingerprint density at radius 2 is 2.06 bits per heavy atom. The van der Waals surface area contributed by atoms with Crippen LogP contribution in [0.15, 0.2) is 18.2 Å². The van der Waals surface area contributed by atoms with Gasteiger partial charge in [0.1, 0.15) is 5.75 Å². The third kappa shape index (κ3) is 3.65. The van der Waals surface area contributed by atoms with Gasteiger partial charge in [0, 0.05) is 6.54 Å². The van der Waals surface area contributed by atoms with Crippen molar-refractivity contribution in [1.82, 2.24) is 5.32 Å². The van der Waals surface area contributed by atoms with E-state index >= 15 is 0 Å². The van der Waals surface area contributed by atoms with Crippen LogP contribution in [0.2, 0.25) is 0 Å². The summed E-state index contributed by atoms with van der Waals surface area (Å²) in [4.78, 5) is 10.7. The number of hydrogen-bond donors (Lipinski definition) is 1. The van der Waals surface area contributed by atoms with Crippen LogP contribution >= 0.6 is 0 Å². The first-order valence-electron chi connectivity index (χ1n) is 5.39. The highest BCUT2D eigenvalue weighted by Crippen LogP contribution is 2.20. The molecular weight excluding hydrogens is 247 g/mol. The van der Waals surface area contributed by atoms with E-state index < -0.39 is 12.1 Å². The molecule has 1 N–H and O–H groups in total. The van der Waals surface area contributed by atoms with Crippen molar-refractivity contribution in [3.8, 4) is 5.75 Å². The second-order valence-corrected chi connectivity index (χ2v) is 3.68. The van der Waals surface area contributed by atoms with E-state index in [-0.39, 0.29) is 6.54 Å². The summed E-state index contributed by atoms with van der Waals surface area (Å²) in [5.41, 5.74) is 1.49. The molecule has 1 rings (SSSR count). The summed E-state index contributed by atoms with van der Waals surface area (Å²) in [6.45, 7) is 1.76. The number of carbonyl (C=O) groups excluding carboxylic acids is 1. The van der Waals surface area contributed by atoms with Crippen LogP contribution in [0.1, 0.15) is 18.1 Å². The maximum Gasteiger partial charge on any atom is 0.471 e. The van der Waals surface area contributed by atoms with Crippen LogP contribution in [0, 0.1) is 0 Å². The molecule has 0 heterocycles. The van der Waals surface area contributed by atoms with Crippen LogP contribution in [0.3, 0.4) is 0 Å². The van der Waals surface area contributed by atoms with Gasteiger partial charge in [0.2, 0.25) is 0 Å². The molecule has 100 valence electrons. The molecule has 0 saturated heterocycles. The number of nitrogens with one attached hydrogen (secondary N) is 1. The first-order valence-corrected chi connectivity index (χ1v) is 5.39. The van der Waals surface area contributed by atoms with E-state index in [0.717, 1.165) is 5.56 Å². The molecule has 0 aliphatic heterocycles. The normalized spacial score (nSPS) is 11.2. The van der Waals surface area contributed by atoms with Gasteiger partial charge in [-0.25, -0.2) is 0 Å². The van der Waals surface area contributed by atoms with E-state index in [1.165, 1.54) is 7.11 Å². The van der Waals surface area contributed by atoms with Crippen molar-refractivity contribution in [2.45, 2.75) is 26.1 Å². The predicted molar refractivity (Wildman–Crippen MR) is 60.3 cm³/mol. The number of alkyl halides is 3. The summed E-state index contributed by atoms with van der Waals surface area (Å²) in [7, 11) is 1.53. The summed E-state index contributed by atoms with van der Waals surface area (Å²) in [5, 5.41) is 1.82. The zero-order chi connectivity index (χ0) is 13.8. The highest BCUT2D eigenvalue weighted by molar-refractivity contribution is 5.81. The molecule has 0 aliphatic carbocycles. The van der Waals surface area contributed by atoms with E-state index in [0.29, 0.717) is 17.7 Å². The third-order valence-corrected chi connectivity index (χ3v) is 2.44. The Morgan fingerprint density at radius 3 is 2.56 bits per heavy atom. The summed E-state index contributed by atoms with van der Waals surface area (Å²) >= 11 is 0. The molecule has 0 radical (unpaired) electrons. The number of amides is 1. The topological polar surface area (TPSA) is 38.3 Å². The number of carbonyl (C=O) groups is 1. The Kier molecular flexibility index (Phi) is 4.58. The van der Waals surface area contributed by atoms with Crippen molar-refractivity contribution in [1.29, 1.82) is 0 Å². The van der Waals surface area contributed by atoms with Gasteiger partial charge in [0.15, 0.2) is 0 Å². The Hall–Kier alpha value is -1.72. The molecule has 0 saturated carbocycles. The number of benzene rings is 1. The lowest BCUT2D eigenvalue weighted by Crippen LogP contribution is -2.36. The minimum absolute atomic E-state index is 0.157. The maximum atomic E-state index is 12.0. The molecule has 0 aromatic heterocycles. The molecule has 0 fully saturated rings. The minimum Gasteiger partial charge on any atom is -0.496 e. The number of methoxy groups -OCH3 is 1. The second kappa shape index (κ2) is 5.75. The van der Waals surface area contributed by atoms with E-state index in [9.17, 15) is 18.0 Å². The summed E-state index contributed by atoms with van der Waals surface area (Å²) in [6, 6.07) is 5.01. The number of halogens is 3. The van der Waals surface area contributed by atoms with Gasteiger partial charge >= 0.3 is 12.1 Å². The predicted octanol–water partition coefficient (Wildman–Crippen LogP) is 2.44. The number of aryl methyl sites for hydroxylation is 1. The van der Waals surface area contributed by atoms with Crippen LogP contribution in [0.4, 0.5) is 13.2 Å². The van der Waals surface area contributed by atoms with Gasteiger partial charge in [-0.3, -0.25) is 4.79 Å². The molecule has 18 heavy (non-hydrogen) atoms. The quantitative estimate of drug-likeness (QED) is 0.904. The number of hydrogen-bond acceptors (Lipinski definition) is 2. The van der Waals surface area contributed by atoms with Crippen molar-refractivity contribution in [2.24, 2.45) is 0 Å². The monoisotopic (exact) mass is 261 g/mol. The van der Waals surface area contributed by atoms with Crippen LogP contribution in [0.5, 0.6) is 5.75 Å². The lowest BCUT2D eigenvalue weighted by Gasteiger charge is -2.11. The molecule has 3 nitrogen and oxygen atoms in total. The zero-order valence-corrected chi connectivity index (χ0v) is 10.1. The summed E-state index contributed by atoms with van der Waals surface area (Å²) in [5.74, 6) is -1.25. The van der Waals surface area contributed by atoms with Crippen LogP contribution < -0.4 is 10.1 Å². The van der Waals surface area contributed by atoms with Gasteiger partial charge in [-0.05, 0) is 23.6 Å². The largest absolute Gasteiger partial charge is 0.496 e.